The van der Waals surface area contributed by atoms with Crippen LogP contribution in [0, 0.1) is 17.2 Å². The van der Waals surface area contributed by atoms with Crippen molar-refractivity contribution in [2.75, 3.05) is 0 Å². The van der Waals surface area contributed by atoms with Crippen LogP contribution in [0.5, 0.6) is 5.75 Å². The molecule has 1 saturated carbocycles. The first-order valence-electron chi connectivity index (χ1n) is 8.84. The van der Waals surface area contributed by atoms with E-state index in [9.17, 15) is 15.2 Å². The highest BCUT2D eigenvalue weighted by atomic mass is 16.5. The maximum absolute atomic E-state index is 12.4. The molecule has 4 nitrogen and oxygen atoms in total. The molecule has 3 rings (SSSR count). The second-order valence-electron chi connectivity index (χ2n) is 5.84. The molecule has 1 fully saturated rings. The molecule has 1 atom stereocenters. The number of esters is 1. The molecule has 4 heteroatoms. The molecule has 26 heavy (non-hydrogen) atoms. The minimum absolute atomic E-state index is 0.0783. The number of nitriles is 1. The first-order chi connectivity index (χ1) is 12.7. The van der Waals surface area contributed by atoms with Gasteiger partial charge in [-0.2, -0.15) is 5.26 Å². The van der Waals surface area contributed by atoms with Gasteiger partial charge in [-0.25, -0.2) is 4.79 Å². The Kier molecular flexibility index (Phi) is 6.99. The number of hydrogen-bond acceptors (Lipinski definition) is 4. The maximum Gasteiger partial charge on any atom is 0.349 e. The van der Waals surface area contributed by atoms with Gasteiger partial charge >= 0.3 is 5.97 Å². The number of benzene rings is 2. The van der Waals surface area contributed by atoms with E-state index in [1.54, 1.807) is 12.1 Å². The van der Waals surface area contributed by atoms with Gasteiger partial charge in [-0.05, 0) is 42.2 Å². The number of phenolic OH excluding ortho intramolecular Hbond substituents is 1. The minimum atomic E-state index is -0.637. The van der Waals surface area contributed by atoms with E-state index >= 15 is 0 Å². The average Bonchev–Trinajstić information content (AvgIpc) is 3.51. The second-order valence-corrected chi connectivity index (χ2v) is 5.84. The molecule has 1 unspecified atom stereocenters. The maximum atomic E-state index is 12.4. The first kappa shape index (κ1) is 19.3. The summed E-state index contributed by atoms with van der Waals surface area (Å²) in [5.74, 6) is -0.242. The highest BCUT2D eigenvalue weighted by Gasteiger charge is 2.35. The van der Waals surface area contributed by atoms with Gasteiger partial charge in [0.2, 0.25) is 0 Å². The van der Waals surface area contributed by atoms with Gasteiger partial charge in [0.25, 0.3) is 0 Å². The van der Waals surface area contributed by atoms with E-state index in [0.29, 0.717) is 11.5 Å². The number of ether oxygens (including phenoxy) is 1. The number of carbonyl (C=O) groups is 1. The summed E-state index contributed by atoms with van der Waals surface area (Å²) < 4.78 is 5.62. The van der Waals surface area contributed by atoms with Crippen molar-refractivity contribution in [3.63, 3.8) is 0 Å². The van der Waals surface area contributed by atoms with Crippen LogP contribution in [0.1, 0.15) is 43.9 Å². The average molecular weight is 349 g/mol. The highest BCUT2D eigenvalue weighted by molar-refractivity contribution is 5.98. The largest absolute Gasteiger partial charge is 0.508 e. The van der Waals surface area contributed by atoms with Gasteiger partial charge in [0.15, 0.2) is 0 Å². The topological polar surface area (TPSA) is 70.3 Å². The summed E-state index contributed by atoms with van der Waals surface area (Å²) in [6.45, 7) is 4.00. The number of hydrogen-bond donors (Lipinski definition) is 1. The Morgan fingerprint density at radius 1 is 1.19 bits per heavy atom. The summed E-state index contributed by atoms with van der Waals surface area (Å²) in [4.78, 5) is 12.4. The van der Waals surface area contributed by atoms with E-state index < -0.39 is 5.97 Å². The van der Waals surface area contributed by atoms with E-state index in [-0.39, 0.29) is 17.4 Å². The van der Waals surface area contributed by atoms with E-state index in [4.69, 9.17) is 4.74 Å². The van der Waals surface area contributed by atoms with Gasteiger partial charge in [0.1, 0.15) is 23.5 Å². The third kappa shape index (κ3) is 5.22. The zero-order valence-electron chi connectivity index (χ0n) is 15.1. The quantitative estimate of drug-likeness (QED) is 0.467. The van der Waals surface area contributed by atoms with Crippen LogP contribution in [0.4, 0.5) is 0 Å². The zero-order valence-corrected chi connectivity index (χ0v) is 15.1. The molecule has 134 valence electrons. The van der Waals surface area contributed by atoms with E-state index in [1.165, 1.54) is 18.2 Å². The van der Waals surface area contributed by atoms with Crippen molar-refractivity contribution in [2.24, 2.45) is 5.92 Å². The van der Waals surface area contributed by atoms with Gasteiger partial charge in [0.05, 0.1) is 0 Å². The number of phenols is 1. The molecular formula is C22H23NO3. The first-order valence-corrected chi connectivity index (χ1v) is 8.84. The molecule has 1 N–H and O–H groups in total. The van der Waals surface area contributed by atoms with Crippen LogP contribution in [0.25, 0.3) is 6.08 Å². The second kappa shape index (κ2) is 9.43. The van der Waals surface area contributed by atoms with E-state index in [1.807, 2.05) is 50.2 Å². The lowest BCUT2D eigenvalue weighted by molar-refractivity contribution is -0.145. The van der Waals surface area contributed by atoms with Crippen molar-refractivity contribution in [1.29, 1.82) is 5.26 Å². The summed E-state index contributed by atoms with van der Waals surface area (Å²) in [6.07, 6.45) is 3.15. The molecule has 2 aromatic carbocycles. The Morgan fingerprint density at radius 2 is 1.88 bits per heavy atom. The summed E-state index contributed by atoms with van der Waals surface area (Å²) in [7, 11) is 0. The molecule has 0 bridgehead atoms. The molecule has 0 heterocycles. The van der Waals surface area contributed by atoms with Gasteiger partial charge in [0, 0.05) is 5.92 Å². The van der Waals surface area contributed by atoms with Crippen LogP contribution < -0.4 is 0 Å². The Hall–Kier alpha value is -3.06. The van der Waals surface area contributed by atoms with E-state index in [2.05, 4.69) is 0 Å². The van der Waals surface area contributed by atoms with Crippen molar-refractivity contribution in [3.05, 3.63) is 71.3 Å². The van der Waals surface area contributed by atoms with Crippen molar-refractivity contribution in [3.8, 4) is 11.8 Å². The zero-order chi connectivity index (χ0) is 18.9. The fourth-order valence-corrected chi connectivity index (χ4v) is 2.58. The van der Waals surface area contributed by atoms with Crippen LogP contribution in [0.2, 0.25) is 0 Å². The summed E-state index contributed by atoms with van der Waals surface area (Å²) >= 11 is 0. The molecule has 0 radical (unpaired) electrons. The fraction of sp³-hybridized carbons (Fsp3) is 0.273. The molecule has 0 amide bonds. The van der Waals surface area contributed by atoms with Crippen molar-refractivity contribution >= 4 is 12.0 Å². The number of rotatable bonds is 5. The fourth-order valence-electron chi connectivity index (χ4n) is 2.58. The number of aromatic hydroxyl groups is 1. The molecule has 0 spiro atoms. The Balaban J connectivity index is 0.00000117. The molecule has 0 aliphatic heterocycles. The van der Waals surface area contributed by atoms with Crippen molar-refractivity contribution in [1.82, 2.24) is 0 Å². The van der Waals surface area contributed by atoms with Gasteiger partial charge in [-0.3, -0.25) is 0 Å². The lowest BCUT2D eigenvalue weighted by atomic mass is 10.1. The molecule has 1 aliphatic rings. The monoisotopic (exact) mass is 349 g/mol. The highest BCUT2D eigenvalue weighted by Crippen LogP contribution is 2.43. The van der Waals surface area contributed by atoms with Gasteiger partial charge < -0.3 is 9.84 Å². The minimum Gasteiger partial charge on any atom is -0.508 e. The van der Waals surface area contributed by atoms with Gasteiger partial charge in [-0.1, -0.05) is 56.3 Å². The van der Waals surface area contributed by atoms with Gasteiger partial charge in [-0.15, -0.1) is 0 Å². The predicted octanol–water partition coefficient (Wildman–Crippen LogP) is 5.02. The van der Waals surface area contributed by atoms with Crippen molar-refractivity contribution in [2.45, 2.75) is 32.8 Å². The summed E-state index contributed by atoms with van der Waals surface area (Å²) in [6, 6.07) is 17.9. The molecule has 0 saturated heterocycles. The number of carbonyl (C=O) groups excluding carboxylic acids is 1. The molecule has 1 aliphatic carbocycles. The molecular weight excluding hydrogens is 326 g/mol. The lowest BCUT2D eigenvalue weighted by Crippen LogP contribution is -2.14. The predicted molar refractivity (Wildman–Crippen MR) is 101 cm³/mol. The smallest absolute Gasteiger partial charge is 0.349 e. The summed E-state index contributed by atoms with van der Waals surface area (Å²) in [5, 5.41) is 18.8. The standard InChI is InChI=1S/C20H17NO3.C2H6/c21-13-17(11-14-5-4-8-18(22)12-14)20(23)24-19(16-9-10-16)15-6-2-1-3-7-15;1-2/h1-8,11-12,16,19,22H,9-10H2;1-2H3/b17-11+;. The van der Waals surface area contributed by atoms with Crippen LogP contribution in [0.3, 0.4) is 0 Å². The SMILES string of the molecule is CC.N#C/C(=C\c1cccc(O)c1)C(=O)OC(c1ccccc1)C1CC1. The molecule has 0 aromatic heterocycles. The Labute approximate surface area is 154 Å². The third-order valence-corrected chi connectivity index (χ3v) is 3.93. The van der Waals surface area contributed by atoms with E-state index in [0.717, 1.165) is 18.4 Å². The van der Waals surface area contributed by atoms with Crippen LogP contribution in [-0.4, -0.2) is 11.1 Å². The van der Waals surface area contributed by atoms with Crippen molar-refractivity contribution < 1.29 is 14.6 Å². The normalized spacial score (nSPS) is 14.4. The third-order valence-electron chi connectivity index (χ3n) is 3.93. The molecule has 2 aromatic rings. The summed E-state index contributed by atoms with van der Waals surface area (Å²) in [5.41, 5.74) is 1.44. The van der Waals surface area contributed by atoms with Crippen LogP contribution >= 0.6 is 0 Å². The Morgan fingerprint density at radius 3 is 2.46 bits per heavy atom. The van der Waals surface area contributed by atoms with Crippen LogP contribution in [0.15, 0.2) is 60.2 Å². The van der Waals surface area contributed by atoms with Crippen LogP contribution in [-0.2, 0) is 9.53 Å². The lowest BCUT2D eigenvalue weighted by Gasteiger charge is -2.17. The Bertz CT molecular complexity index is 802. The number of nitrogens with zero attached hydrogens (tertiary/aromatic N) is 1.